The van der Waals surface area contributed by atoms with Crippen LogP contribution in [0.5, 0.6) is 0 Å². The van der Waals surface area contributed by atoms with E-state index in [1.165, 1.54) is 0 Å². The van der Waals surface area contributed by atoms with E-state index in [0.29, 0.717) is 5.52 Å². The highest BCUT2D eigenvalue weighted by Gasteiger charge is 2.19. The number of hydrogen-bond acceptors (Lipinski definition) is 2. The number of rotatable bonds is 4. The van der Waals surface area contributed by atoms with E-state index in [2.05, 4.69) is 96.0 Å². The number of nitrogens with zero attached hydrogens (tertiary/aromatic N) is 3. The molecule has 0 bridgehead atoms. The van der Waals surface area contributed by atoms with Gasteiger partial charge in [0.25, 0.3) is 0 Å². The molecule has 3 heteroatoms. The lowest BCUT2D eigenvalue weighted by molar-refractivity contribution is 1.00. The minimum Gasteiger partial charge on any atom is -0.297 e. The van der Waals surface area contributed by atoms with Crippen molar-refractivity contribution in [3.8, 4) is 39.2 Å². The van der Waals surface area contributed by atoms with Crippen molar-refractivity contribution in [3.63, 3.8) is 0 Å². The number of hydrogen-bond donors (Lipinski definition) is 0. The monoisotopic (exact) mass is 540 g/mol. The largest absolute Gasteiger partial charge is 0.297 e. The van der Waals surface area contributed by atoms with Crippen LogP contribution in [0.2, 0.25) is 0 Å². The molecule has 6 aromatic carbocycles. The van der Waals surface area contributed by atoms with Gasteiger partial charge in [0.05, 0.1) is 16.7 Å². The molecule has 0 saturated heterocycles. The fraction of sp³-hybridized carbons (Fsp3) is 0.0256. The van der Waals surface area contributed by atoms with Gasteiger partial charge in [-0.1, -0.05) is 103 Å². The zero-order valence-electron chi connectivity index (χ0n) is 25.7. The van der Waals surface area contributed by atoms with Crippen LogP contribution in [0.25, 0.3) is 71.8 Å². The van der Waals surface area contributed by atoms with Crippen molar-refractivity contribution >= 4 is 32.6 Å². The van der Waals surface area contributed by atoms with Gasteiger partial charge in [0.1, 0.15) is 5.82 Å². The second kappa shape index (κ2) is 9.83. The van der Waals surface area contributed by atoms with Gasteiger partial charge >= 0.3 is 0 Å². The summed E-state index contributed by atoms with van der Waals surface area (Å²) in [4.78, 5) is 9.23. The molecule has 0 aliphatic rings. The Kier molecular flexibility index (Phi) is 4.97. The van der Waals surface area contributed by atoms with E-state index in [4.69, 9.17) is 9.10 Å². The predicted octanol–water partition coefficient (Wildman–Crippen LogP) is 10.0. The third-order valence-corrected chi connectivity index (χ3v) is 8.02. The van der Waals surface area contributed by atoms with Crippen LogP contribution in [0.3, 0.4) is 0 Å². The molecule has 8 aromatic rings. The normalized spacial score (nSPS) is 12.8. The quantitative estimate of drug-likeness (QED) is 0.208. The topological polar surface area (TPSA) is 30.7 Å². The predicted molar refractivity (Wildman–Crippen MR) is 175 cm³/mol. The summed E-state index contributed by atoms with van der Waals surface area (Å²) in [6.07, 6.45) is 1.83. The van der Waals surface area contributed by atoms with Crippen molar-refractivity contribution in [3.05, 3.63) is 152 Å². The van der Waals surface area contributed by atoms with E-state index in [0.717, 1.165) is 66.3 Å². The molecule has 0 spiro atoms. The Bertz CT molecular complexity index is 2320. The number of aryl methyl sites for hydroxylation is 1. The summed E-state index contributed by atoms with van der Waals surface area (Å²) in [5.74, 6) is 0.0528. The number of fused-ring (bicyclic) bond motifs is 3. The lowest BCUT2D eigenvalue weighted by Crippen LogP contribution is -1.98. The van der Waals surface area contributed by atoms with Gasteiger partial charge in [0, 0.05) is 21.6 Å². The summed E-state index contributed by atoms with van der Waals surface area (Å²) in [5.41, 5.74) is 8.55. The molecular formula is C39H27N3. The van der Waals surface area contributed by atoms with Crippen LogP contribution < -0.4 is 0 Å². The maximum atomic E-state index is 8.26. The number of aromatic nitrogens is 3. The van der Waals surface area contributed by atoms with Gasteiger partial charge in [-0.05, 0) is 87.0 Å². The summed E-state index contributed by atoms with van der Waals surface area (Å²) in [7, 11) is 0. The van der Waals surface area contributed by atoms with Crippen molar-refractivity contribution in [1.82, 2.24) is 14.5 Å². The Balaban J connectivity index is 1.42. The van der Waals surface area contributed by atoms with Crippen LogP contribution in [-0.4, -0.2) is 14.5 Å². The third kappa shape index (κ3) is 3.82. The summed E-state index contributed by atoms with van der Waals surface area (Å²) in [5, 5.41) is 4.50. The van der Waals surface area contributed by atoms with Gasteiger partial charge in [0.15, 0.2) is 0 Å². The Labute approximate surface area is 248 Å². The Hall–Kier alpha value is -5.54. The van der Waals surface area contributed by atoms with E-state index < -0.39 is 6.85 Å². The third-order valence-electron chi connectivity index (χ3n) is 8.02. The van der Waals surface area contributed by atoms with Crippen molar-refractivity contribution in [2.75, 3.05) is 0 Å². The Morgan fingerprint density at radius 2 is 1.21 bits per heavy atom. The second-order valence-corrected chi connectivity index (χ2v) is 10.4. The smallest absolute Gasteiger partial charge is 0.111 e. The fourth-order valence-corrected chi connectivity index (χ4v) is 6.26. The summed E-state index contributed by atoms with van der Waals surface area (Å²) in [6, 6.07) is 47.2. The highest BCUT2D eigenvalue weighted by molar-refractivity contribution is 6.22. The first-order chi connectivity index (χ1) is 22.0. The zero-order valence-corrected chi connectivity index (χ0v) is 22.7. The van der Waals surface area contributed by atoms with E-state index in [9.17, 15) is 0 Å². The molecule has 0 aliphatic heterocycles. The first-order valence-electron chi connectivity index (χ1n) is 15.5. The molecule has 0 unspecified atom stereocenters. The molecule has 0 fully saturated rings. The molecular weight excluding hydrogens is 510 g/mol. The van der Waals surface area contributed by atoms with Crippen LogP contribution in [-0.2, 0) is 0 Å². The molecule has 8 rings (SSSR count). The van der Waals surface area contributed by atoms with Crippen LogP contribution in [0.15, 0.2) is 146 Å². The number of para-hydroxylation sites is 2. The average molecular weight is 541 g/mol. The van der Waals surface area contributed by atoms with Gasteiger partial charge in [-0.15, -0.1) is 0 Å². The molecule has 198 valence electrons. The van der Waals surface area contributed by atoms with Gasteiger partial charge in [-0.25, -0.2) is 4.98 Å². The standard InChI is InChI=1S/C39H27N3/c1-26-41-36-22-8-9-23-37(36)42(26)28-14-12-13-27(25-28)38-31-17-4-6-19-33(31)39(34-20-7-5-18-32(34)38)30-16-3-2-15-29(30)35-21-10-11-24-40-35/h2-25H,1H3/i1D3. The number of imidazole rings is 1. The average Bonchev–Trinajstić information content (AvgIpc) is 3.48. The van der Waals surface area contributed by atoms with E-state index in [1.54, 1.807) is 4.57 Å². The van der Waals surface area contributed by atoms with Crippen molar-refractivity contribution in [2.24, 2.45) is 0 Å². The Morgan fingerprint density at radius 1 is 0.571 bits per heavy atom. The zero-order chi connectivity index (χ0) is 30.5. The molecule has 0 radical (unpaired) electrons. The van der Waals surface area contributed by atoms with Crippen molar-refractivity contribution in [2.45, 2.75) is 6.85 Å². The molecule has 0 saturated carbocycles. The van der Waals surface area contributed by atoms with Crippen molar-refractivity contribution in [1.29, 1.82) is 0 Å². The highest BCUT2D eigenvalue weighted by Crippen LogP contribution is 2.46. The second-order valence-electron chi connectivity index (χ2n) is 10.4. The van der Waals surface area contributed by atoms with Gasteiger partial charge in [-0.3, -0.25) is 9.55 Å². The SMILES string of the molecule is [2H]C([2H])([2H])c1nc2ccccc2n1-c1cccc(-c2c3ccccc3c(-c3ccccc3-c3ccccn3)c3ccccc23)c1. The molecule has 2 aromatic heterocycles. The maximum Gasteiger partial charge on any atom is 0.111 e. The van der Waals surface area contributed by atoms with Crippen LogP contribution in [0.4, 0.5) is 0 Å². The lowest BCUT2D eigenvalue weighted by atomic mass is 9.84. The first kappa shape index (κ1) is 21.2. The molecule has 2 heterocycles. The lowest BCUT2D eigenvalue weighted by Gasteiger charge is -2.20. The molecule has 3 nitrogen and oxygen atoms in total. The molecule has 0 amide bonds. The van der Waals surface area contributed by atoms with Gasteiger partial charge in [0.2, 0.25) is 0 Å². The van der Waals surface area contributed by atoms with E-state index in [1.807, 2.05) is 54.7 Å². The maximum absolute atomic E-state index is 8.26. The first-order valence-corrected chi connectivity index (χ1v) is 14.0. The van der Waals surface area contributed by atoms with Gasteiger partial charge < -0.3 is 0 Å². The number of benzene rings is 6. The Morgan fingerprint density at radius 3 is 1.93 bits per heavy atom. The van der Waals surface area contributed by atoms with Crippen LogP contribution in [0.1, 0.15) is 9.94 Å². The molecule has 0 atom stereocenters. The molecule has 0 aliphatic carbocycles. The summed E-state index contributed by atoms with van der Waals surface area (Å²) < 4.78 is 26.5. The highest BCUT2D eigenvalue weighted by atomic mass is 15.1. The van der Waals surface area contributed by atoms with Crippen molar-refractivity contribution < 1.29 is 4.11 Å². The van der Waals surface area contributed by atoms with E-state index in [-0.39, 0.29) is 5.82 Å². The van der Waals surface area contributed by atoms with Crippen LogP contribution >= 0.6 is 0 Å². The fourth-order valence-electron chi connectivity index (χ4n) is 6.26. The summed E-state index contributed by atoms with van der Waals surface area (Å²) >= 11 is 0. The molecule has 0 N–H and O–H groups in total. The number of pyridine rings is 1. The minimum absolute atomic E-state index is 0.0528. The molecule has 42 heavy (non-hydrogen) atoms. The van der Waals surface area contributed by atoms with E-state index >= 15 is 0 Å². The van der Waals surface area contributed by atoms with Crippen LogP contribution in [0, 0.1) is 6.85 Å². The minimum atomic E-state index is -2.38. The summed E-state index contributed by atoms with van der Waals surface area (Å²) in [6.45, 7) is -2.38. The van der Waals surface area contributed by atoms with Gasteiger partial charge in [-0.2, -0.15) is 0 Å².